The average molecular weight is 238 g/mol. The van der Waals surface area contributed by atoms with Crippen molar-refractivity contribution in [1.29, 1.82) is 0 Å². The van der Waals surface area contributed by atoms with Gasteiger partial charge in [0.1, 0.15) is 0 Å². The second-order valence-corrected chi connectivity index (χ2v) is 5.10. The van der Waals surface area contributed by atoms with Gasteiger partial charge in [0, 0.05) is 44.6 Å². The minimum atomic E-state index is -0.164. The van der Waals surface area contributed by atoms with Crippen LogP contribution in [0.1, 0.15) is 6.42 Å². The number of likely N-dealkylation sites (N-methyl/N-ethyl adjacent to an activating group) is 1. The van der Waals surface area contributed by atoms with Crippen LogP contribution in [0.2, 0.25) is 0 Å². The zero-order valence-corrected chi connectivity index (χ0v) is 10.7. The van der Waals surface area contributed by atoms with Crippen molar-refractivity contribution >= 4 is 0 Å². The molecule has 1 aliphatic heterocycles. The summed E-state index contributed by atoms with van der Waals surface area (Å²) < 4.78 is 2.08. The molecule has 1 aromatic rings. The molecule has 0 amide bonds. The van der Waals surface area contributed by atoms with Gasteiger partial charge in [-0.15, -0.1) is 0 Å². The van der Waals surface area contributed by atoms with Crippen LogP contribution in [-0.2, 0) is 6.54 Å². The Labute approximate surface area is 103 Å². The highest BCUT2D eigenvalue weighted by molar-refractivity contribution is 4.87. The van der Waals surface area contributed by atoms with Gasteiger partial charge in [0.05, 0.1) is 12.4 Å². The van der Waals surface area contributed by atoms with E-state index in [-0.39, 0.29) is 6.10 Å². The minimum absolute atomic E-state index is 0.164. The number of aliphatic hydroxyl groups excluding tert-OH is 1. The van der Waals surface area contributed by atoms with Gasteiger partial charge < -0.3 is 14.6 Å². The molecule has 96 valence electrons. The Kier molecular flexibility index (Phi) is 4.15. The number of hydrogen-bond donors (Lipinski definition) is 1. The normalized spacial score (nSPS) is 25.9. The molecule has 0 bridgehead atoms. The number of aromatic nitrogens is 2. The van der Waals surface area contributed by atoms with Gasteiger partial charge in [-0.25, -0.2) is 4.98 Å². The van der Waals surface area contributed by atoms with Crippen molar-refractivity contribution in [3.63, 3.8) is 0 Å². The minimum Gasteiger partial charge on any atom is -0.392 e. The Morgan fingerprint density at radius 3 is 2.88 bits per heavy atom. The van der Waals surface area contributed by atoms with Crippen LogP contribution >= 0.6 is 0 Å². The molecule has 0 radical (unpaired) electrons. The second kappa shape index (κ2) is 5.62. The van der Waals surface area contributed by atoms with Crippen molar-refractivity contribution in [2.45, 2.75) is 25.1 Å². The van der Waals surface area contributed by atoms with Crippen molar-refractivity contribution in [3.8, 4) is 0 Å². The first-order valence-corrected chi connectivity index (χ1v) is 6.17. The molecule has 2 unspecified atom stereocenters. The van der Waals surface area contributed by atoms with E-state index in [9.17, 15) is 5.11 Å². The Balaban J connectivity index is 1.85. The monoisotopic (exact) mass is 238 g/mol. The summed E-state index contributed by atoms with van der Waals surface area (Å²) in [4.78, 5) is 8.60. The van der Waals surface area contributed by atoms with Crippen LogP contribution in [-0.4, -0.2) is 70.3 Å². The third kappa shape index (κ3) is 3.52. The number of rotatable bonds is 5. The standard InChI is InChI=1S/C12H22N4O/c1-14(2)8-11-7-12(17)9-16(11)6-5-15-4-3-13-10-15/h3-4,10-12,17H,5-9H2,1-2H3. The molecule has 1 fully saturated rings. The summed E-state index contributed by atoms with van der Waals surface area (Å²) in [5.74, 6) is 0. The highest BCUT2D eigenvalue weighted by atomic mass is 16.3. The zero-order chi connectivity index (χ0) is 12.3. The van der Waals surface area contributed by atoms with Crippen molar-refractivity contribution < 1.29 is 5.11 Å². The van der Waals surface area contributed by atoms with E-state index in [1.54, 1.807) is 6.20 Å². The van der Waals surface area contributed by atoms with E-state index in [1.165, 1.54) is 0 Å². The van der Waals surface area contributed by atoms with Gasteiger partial charge in [0.25, 0.3) is 0 Å². The van der Waals surface area contributed by atoms with Crippen LogP contribution in [0.4, 0.5) is 0 Å². The summed E-state index contributed by atoms with van der Waals surface area (Å²) in [7, 11) is 4.16. The lowest BCUT2D eigenvalue weighted by molar-refractivity contribution is 0.170. The van der Waals surface area contributed by atoms with E-state index in [0.717, 1.165) is 32.6 Å². The van der Waals surface area contributed by atoms with Crippen LogP contribution in [0.5, 0.6) is 0 Å². The highest BCUT2D eigenvalue weighted by Crippen LogP contribution is 2.18. The Hall–Kier alpha value is -0.910. The first-order chi connectivity index (χ1) is 8.15. The van der Waals surface area contributed by atoms with E-state index in [1.807, 2.05) is 12.5 Å². The lowest BCUT2D eigenvalue weighted by atomic mass is 10.2. The molecule has 2 heterocycles. The SMILES string of the molecule is CN(C)CC1CC(O)CN1CCn1ccnc1. The van der Waals surface area contributed by atoms with Gasteiger partial charge in [0.15, 0.2) is 0 Å². The van der Waals surface area contributed by atoms with E-state index in [0.29, 0.717) is 6.04 Å². The summed E-state index contributed by atoms with van der Waals surface area (Å²) in [5, 5.41) is 9.76. The van der Waals surface area contributed by atoms with Crippen LogP contribution in [0.15, 0.2) is 18.7 Å². The van der Waals surface area contributed by atoms with Crippen LogP contribution in [0.25, 0.3) is 0 Å². The zero-order valence-electron chi connectivity index (χ0n) is 10.7. The first-order valence-electron chi connectivity index (χ1n) is 6.17. The summed E-state index contributed by atoms with van der Waals surface area (Å²) in [6, 6.07) is 0.475. The van der Waals surface area contributed by atoms with Gasteiger partial charge >= 0.3 is 0 Å². The number of β-amino-alcohol motifs (C(OH)–C–C–N with tert-alkyl or cyclic N) is 1. The maximum atomic E-state index is 9.76. The molecule has 5 heteroatoms. The van der Waals surface area contributed by atoms with E-state index in [4.69, 9.17) is 0 Å². The summed E-state index contributed by atoms with van der Waals surface area (Å²) in [6.07, 6.45) is 6.35. The fourth-order valence-corrected chi connectivity index (χ4v) is 2.51. The smallest absolute Gasteiger partial charge is 0.0946 e. The van der Waals surface area contributed by atoms with Crippen LogP contribution < -0.4 is 0 Å². The third-order valence-corrected chi connectivity index (χ3v) is 3.29. The molecule has 0 saturated carbocycles. The van der Waals surface area contributed by atoms with Gasteiger partial charge in [-0.1, -0.05) is 0 Å². The fourth-order valence-electron chi connectivity index (χ4n) is 2.51. The highest BCUT2D eigenvalue weighted by Gasteiger charge is 2.30. The fraction of sp³-hybridized carbons (Fsp3) is 0.750. The first kappa shape index (κ1) is 12.5. The maximum absolute atomic E-state index is 9.76. The van der Waals surface area contributed by atoms with Crippen LogP contribution in [0, 0.1) is 0 Å². The molecular formula is C12H22N4O. The van der Waals surface area contributed by atoms with Gasteiger partial charge in [0.2, 0.25) is 0 Å². The number of hydrogen-bond acceptors (Lipinski definition) is 4. The number of likely N-dealkylation sites (tertiary alicyclic amines) is 1. The topological polar surface area (TPSA) is 44.5 Å². The molecule has 2 atom stereocenters. The van der Waals surface area contributed by atoms with E-state index < -0.39 is 0 Å². The van der Waals surface area contributed by atoms with E-state index >= 15 is 0 Å². The summed E-state index contributed by atoms with van der Waals surface area (Å²) >= 11 is 0. The van der Waals surface area contributed by atoms with Crippen molar-refractivity contribution in [2.75, 3.05) is 33.7 Å². The molecule has 1 saturated heterocycles. The third-order valence-electron chi connectivity index (χ3n) is 3.29. The molecule has 1 aliphatic rings. The Morgan fingerprint density at radius 2 is 2.24 bits per heavy atom. The number of nitrogens with zero attached hydrogens (tertiary/aromatic N) is 4. The molecular weight excluding hydrogens is 216 g/mol. The number of imidazole rings is 1. The molecule has 0 spiro atoms. The average Bonchev–Trinajstić information content (AvgIpc) is 2.84. The van der Waals surface area contributed by atoms with Gasteiger partial charge in [-0.2, -0.15) is 0 Å². The summed E-state index contributed by atoms with van der Waals surface area (Å²) in [5.41, 5.74) is 0. The number of aliphatic hydroxyl groups is 1. The second-order valence-electron chi connectivity index (χ2n) is 5.10. The molecule has 1 aromatic heterocycles. The van der Waals surface area contributed by atoms with Crippen molar-refractivity contribution in [1.82, 2.24) is 19.4 Å². The quantitative estimate of drug-likeness (QED) is 0.777. The summed E-state index contributed by atoms with van der Waals surface area (Å²) in [6.45, 7) is 3.73. The molecule has 5 nitrogen and oxygen atoms in total. The van der Waals surface area contributed by atoms with E-state index in [2.05, 4.69) is 33.4 Å². The van der Waals surface area contributed by atoms with Gasteiger partial charge in [-0.05, 0) is 20.5 Å². The molecule has 1 N–H and O–H groups in total. The predicted molar refractivity (Wildman–Crippen MR) is 66.8 cm³/mol. The largest absolute Gasteiger partial charge is 0.392 e. The lowest BCUT2D eigenvalue weighted by Gasteiger charge is -2.26. The van der Waals surface area contributed by atoms with Crippen LogP contribution in [0.3, 0.4) is 0 Å². The predicted octanol–water partition coefficient (Wildman–Crippen LogP) is -0.120. The molecule has 17 heavy (non-hydrogen) atoms. The molecule has 0 aromatic carbocycles. The Morgan fingerprint density at radius 1 is 1.41 bits per heavy atom. The molecule has 0 aliphatic carbocycles. The Bertz CT molecular complexity index is 325. The van der Waals surface area contributed by atoms with Crippen molar-refractivity contribution in [3.05, 3.63) is 18.7 Å². The van der Waals surface area contributed by atoms with Crippen molar-refractivity contribution in [2.24, 2.45) is 0 Å². The molecule has 2 rings (SSSR count). The van der Waals surface area contributed by atoms with Gasteiger partial charge in [-0.3, -0.25) is 4.90 Å². The lowest BCUT2D eigenvalue weighted by Crippen LogP contribution is -2.39. The maximum Gasteiger partial charge on any atom is 0.0946 e.